The maximum atomic E-state index is 7.46. The summed E-state index contributed by atoms with van der Waals surface area (Å²) in [6.07, 6.45) is 4.75. The van der Waals surface area contributed by atoms with Gasteiger partial charge in [0.25, 0.3) is 6.71 Å². The zero-order valence-electron chi connectivity index (χ0n) is 37.8. The Hall–Kier alpha value is -4.74. The molecular weight excluding hydrogens is 747 g/mol. The highest BCUT2D eigenvalue weighted by Gasteiger charge is 2.49. The van der Waals surface area contributed by atoms with Gasteiger partial charge in [-0.15, -0.1) is 11.3 Å². The summed E-state index contributed by atoms with van der Waals surface area (Å²) >= 11 is 1.88. The third-order valence-electron chi connectivity index (χ3n) is 15.4. The lowest BCUT2D eigenvalue weighted by Gasteiger charge is -2.45. The van der Waals surface area contributed by atoms with E-state index < -0.39 is 0 Å². The minimum Gasteiger partial charge on any atom is -0.466 e. The highest BCUT2D eigenvalue weighted by Crippen LogP contribution is 2.54. The summed E-state index contributed by atoms with van der Waals surface area (Å²) in [6, 6.07) is 35.8. The summed E-state index contributed by atoms with van der Waals surface area (Å²) in [6.45, 7) is 28.7. The standard InChI is InChI=1S/C55H59BN2OS/c1-32-27-43-46-44(28-32)58(35-19-21-38-40(31-35)55(11,12)26-24-53(38,7)8)47-49-48(36-15-13-14-16-45(36)60-49)59-50(47)56(46)41-29-33(51(2,3)4)17-22-42(41)57(43)34-18-20-37-39(30-34)54(9,10)25-23-52(37,5)6/h13-22,27-31H,23-26H2,1-12H3. The van der Waals surface area contributed by atoms with Crippen molar-refractivity contribution in [1.82, 2.24) is 0 Å². The molecule has 0 saturated carbocycles. The minimum absolute atomic E-state index is 0.0232. The molecule has 0 unspecified atom stereocenters. The van der Waals surface area contributed by atoms with Crippen molar-refractivity contribution in [3.8, 4) is 0 Å². The molecule has 2 aliphatic heterocycles. The Morgan fingerprint density at radius 2 is 1.15 bits per heavy atom. The molecule has 3 nitrogen and oxygen atoms in total. The molecule has 2 aliphatic carbocycles. The number of nitrogens with zero attached hydrogens (tertiary/aromatic N) is 2. The van der Waals surface area contributed by atoms with E-state index in [1.54, 1.807) is 0 Å². The van der Waals surface area contributed by atoms with E-state index in [0.29, 0.717) is 0 Å². The van der Waals surface area contributed by atoms with Crippen LogP contribution >= 0.6 is 11.3 Å². The second kappa shape index (κ2) is 12.2. The Kier molecular flexibility index (Phi) is 7.78. The van der Waals surface area contributed by atoms with Gasteiger partial charge in [0.2, 0.25) is 0 Å². The van der Waals surface area contributed by atoms with E-state index in [9.17, 15) is 0 Å². The van der Waals surface area contributed by atoms with Crippen molar-refractivity contribution in [1.29, 1.82) is 0 Å². The van der Waals surface area contributed by atoms with Crippen molar-refractivity contribution >= 4 is 89.1 Å². The normalized spacial score (nSPS) is 19.2. The molecular formula is C55H59BN2OS. The van der Waals surface area contributed by atoms with Crippen LogP contribution in [0.5, 0.6) is 0 Å². The Bertz CT molecular complexity index is 2970. The summed E-state index contributed by atoms with van der Waals surface area (Å²) in [5, 5.41) is 1.20. The van der Waals surface area contributed by atoms with Crippen LogP contribution in [0.15, 0.2) is 95.4 Å². The van der Waals surface area contributed by atoms with Gasteiger partial charge in [0.1, 0.15) is 5.66 Å². The topological polar surface area (TPSA) is 19.6 Å². The lowest BCUT2D eigenvalue weighted by atomic mass is 9.35. The van der Waals surface area contributed by atoms with Crippen LogP contribution in [-0.4, -0.2) is 6.71 Å². The van der Waals surface area contributed by atoms with Gasteiger partial charge in [0.15, 0.2) is 5.58 Å². The van der Waals surface area contributed by atoms with Crippen LogP contribution < -0.4 is 26.4 Å². The number of benzene rings is 5. The smallest absolute Gasteiger partial charge is 0.297 e. The van der Waals surface area contributed by atoms with Gasteiger partial charge in [0.05, 0.1) is 10.4 Å². The average Bonchev–Trinajstić information content (AvgIpc) is 3.74. The number of rotatable bonds is 2. The van der Waals surface area contributed by atoms with Crippen LogP contribution in [0.25, 0.3) is 20.4 Å². The van der Waals surface area contributed by atoms with E-state index in [1.165, 1.54) is 119 Å². The number of anilines is 6. The molecule has 0 saturated heterocycles. The van der Waals surface area contributed by atoms with Crippen LogP contribution in [-0.2, 0) is 27.1 Å². The van der Waals surface area contributed by atoms with Crippen LogP contribution in [0.3, 0.4) is 0 Å². The molecule has 11 rings (SSSR count). The summed E-state index contributed by atoms with van der Waals surface area (Å²) < 4.78 is 9.95. The van der Waals surface area contributed by atoms with Gasteiger partial charge in [-0.05, 0) is 159 Å². The molecule has 0 N–H and O–H groups in total. The first kappa shape index (κ1) is 38.2. The van der Waals surface area contributed by atoms with E-state index in [1.807, 2.05) is 11.3 Å². The summed E-state index contributed by atoms with van der Waals surface area (Å²) in [7, 11) is 0. The van der Waals surface area contributed by atoms with E-state index in [4.69, 9.17) is 4.42 Å². The van der Waals surface area contributed by atoms with E-state index in [0.717, 1.165) is 11.2 Å². The van der Waals surface area contributed by atoms with Crippen molar-refractivity contribution in [2.24, 2.45) is 0 Å². The van der Waals surface area contributed by atoms with Gasteiger partial charge < -0.3 is 14.2 Å². The largest absolute Gasteiger partial charge is 0.466 e. The molecule has 2 aromatic heterocycles. The second-order valence-electron chi connectivity index (χ2n) is 22.4. The number of hydrogen-bond acceptors (Lipinski definition) is 4. The summed E-state index contributed by atoms with van der Waals surface area (Å²) in [4.78, 5) is 5.20. The summed E-state index contributed by atoms with van der Waals surface area (Å²) in [5.74, 6) is 0. The van der Waals surface area contributed by atoms with Crippen molar-refractivity contribution in [3.63, 3.8) is 0 Å². The number of furan rings is 1. The number of fused-ring (bicyclic) bond motifs is 10. The van der Waals surface area contributed by atoms with E-state index >= 15 is 0 Å². The SMILES string of the molecule is Cc1cc2c3c(c1)N(c1ccc4c(c1)C(C)(C)CCC4(C)C)c1c(oc4c1sc1ccccc14)B3c1cc(C(C)(C)C)ccc1N2c1ccc2c(c1)C(C)(C)CCC2(C)C. The predicted octanol–water partition coefficient (Wildman–Crippen LogP) is 14.0. The zero-order chi connectivity index (χ0) is 42.1. The highest BCUT2D eigenvalue weighted by atomic mass is 32.1. The van der Waals surface area contributed by atoms with Gasteiger partial charge >= 0.3 is 0 Å². The third kappa shape index (κ3) is 5.33. The summed E-state index contributed by atoms with van der Waals surface area (Å²) in [5.41, 5.74) is 21.0. The molecule has 5 heteroatoms. The lowest BCUT2D eigenvalue weighted by Crippen LogP contribution is -2.61. The van der Waals surface area contributed by atoms with E-state index in [2.05, 4.69) is 184 Å². The van der Waals surface area contributed by atoms with E-state index in [-0.39, 0.29) is 33.8 Å². The molecule has 0 amide bonds. The monoisotopic (exact) mass is 806 g/mol. The predicted molar refractivity (Wildman–Crippen MR) is 260 cm³/mol. The molecule has 0 fully saturated rings. The van der Waals surface area contributed by atoms with Crippen LogP contribution in [0.1, 0.15) is 135 Å². The minimum atomic E-state index is -0.0743. The number of thiophene rings is 1. The lowest BCUT2D eigenvalue weighted by molar-refractivity contribution is 0.332. The van der Waals surface area contributed by atoms with Crippen LogP contribution in [0, 0.1) is 6.92 Å². The van der Waals surface area contributed by atoms with Gasteiger partial charge in [0, 0.05) is 38.5 Å². The molecule has 7 aromatic rings. The van der Waals surface area contributed by atoms with Gasteiger partial charge in [-0.1, -0.05) is 113 Å². The number of aryl methyl sites for hydroxylation is 1. The molecule has 4 heterocycles. The Morgan fingerprint density at radius 1 is 0.600 bits per heavy atom. The van der Waals surface area contributed by atoms with Crippen molar-refractivity contribution < 1.29 is 4.42 Å². The fraction of sp³-hybridized carbons (Fsp3) is 0.382. The highest BCUT2D eigenvalue weighted by molar-refractivity contribution is 7.26. The van der Waals surface area contributed by atoms with Crippen molar-refractivity contribution in [2.45, 2.75) is 136 Å². The van der Waals surface area contributed by atoms with Gasteiger partial charge in [-0.25, -0.2) is 0 Å². The fourth-order valence-electron chi connectivity index (χ4n) is 11.5. The zero-order valence-corrected chi connectivity index (χ0v) is 38.6. The molecule has 5 aromatic carbocycles. The Labute approximate surface area is 361 Å². The van der Waals surface area contributed by atoms with Gasteiger partial charge in [-0.2, -0.15) is 0 Å². The first-order valence-electron chi connectivity index (χ1n) is 22.4. The van der Waals surface area contributed by atoms with Crippen LogP contribution in [0.4, 0.5) is 34.1 Å². The Morgan fingerprint density at radius 3 is 1.75 bits per heavy atom. The van der Waals surface area contributed by atoms with Crippen molar-refractivity contribution in [2.75, 3.05) is 9.80 Å². The average molecular weight is 807 g/mol. The van der Waals surface area contributed by atoms with Crippen molar-refractivity contribution in [3.05, 3.63) is 124 Å². The van der Waals surface area contributed by atoms with Gasteiger partial charge in [-0.3, -0.25) is 0 Å². The maximum Gasteiger partial charge on any atom is 0.297 e. The number of hydrogen-bond donors (Lipinski definition) is 0. The molecule has 304 valence electrons. The molecule has 0 spiro atoms. The third-order valence-corrected chi connectivity index (χ3v) is 16.5. The van der Waals surface area contributed by atoms with Crippen LogP contribution in [0.2, 0.25) is 0 Å². The molecule has 4 aliphatic rings. The first-order valence-corrected chi connectivity index (χ1v) is 23.2. The Balaban J connectivity index is 1.24. The molecule has 60 heavy (non-hydrogen) atoms. The quantitative estimate of drug-likeness (QED) is 0.162. The molecule has 0 radical (unpaired) electrons. The molecule has 0 bridgehead atoms. The maximum absolute atomic E-state index is 7.46. The molecule has 0 atom stereocenters. The second-order valence-corrected chi connectivity index (χ2v) is 23.5. The first-order chi connectivity index (χ1) is 28.2. The fourth-order valence-corrected chi connectivity index (χ4v) is 12.7.